The van der Waals surface area contributed by atoms with E-state index in [2.05, 4.69) is 9.88 Å². The number of ether oxygens (including phenoxy) is 1. The first-order valence-electron chi connectivity index (χ1n) is 3.18. The third-order valence-corrected chi connectivity index (χ3v) is 1.53. The Labute approximate surface area is 65.6 Å². The Kier molecular flexibility index (Phi) is 4.06. The zero-order valence-corrected chi connectivity index (χ0v) is 7.06. The molecule has 2 N–H and O–H groups in total. The summed E-state index contributed by atoms with van der Waals surface area (Å²) in [5, 5.41) is 3.10. The van der Waals surface area contributed by atoms with Crippen LogP contribution in [0.4, 0.5) is 4.79 Å². The highest BCUT2D eigenvalue weighted by Gasteiger charge is 2.17. The third kappa shape index (κ3) is 4.74. The van der Waals surface area contributed by atoms with Crippen molar-refractivity contribution in [2.75, 3.05) is 6.61 Å². The molecule has 0 unspecified atom stereocenters. The lowest BCUT2D eigenvalue weighted by Gasteiger charge is -1.99. The maximum absolute atomic E-state index is 10.4. The summed E-state index contributed by atoms with van der Waals surface area (Å²) in [5.41, 5.74) is 0. The van der Waals surface area contributed by atoms with Crippen LogP contribution in [0, 0.1) is 0 Å². The summed E-state index contributed by atoms with van der Waals surface area (Å²) in [7, 11) is -4.14. The Morgan fingerprint density at radius 1 is 1.55 bits per heavy atom. The summed E-state index contributed by atoms with van der Waals surface area (Å²) >= 11 is 0. The van der Waals surface area contributed by atoms with E-state index in [1.165, 1.54) is 0 Å². The molecular weight excluding hydrogens is 170 g/mol. The molecule has 0 heterocycles. The molecule has 0 fully saturated rings. The molecular formula is C5H11NO4S. The first-order chi connectivity index (χ1) is 4.98. The van der Waals surface area contributed by atoms with E-state index >= 15 is 0 Å². The summed E-state index contributed by atoms with van der Waals surface area (Å²) < 4.78 is 24.8. The van der Waals surface area contributed by atoms with Gasteiger partial charge in [-0.3, -0.25) is 0 Å². The zero-order chi connectivity index (χ0) is 8.91. The van der Waals surface area contributed by atoms with E-state index in [1.54, 1.807) is 0 Å². The van der Waals surface area contributed by atoms with Crippen LogP contribution in [0.1, 0.15) is 19.8 Å². The third-order valence-electron chi connectivity index (χ3n) is 0.950. The van der Waals surface area contributed by atoms with Gasteiger partial charge in [0.1, 0.15) is 0 Å². The van der Waals surface area contributed by atoms with E-state index in [-0.39, 0.29) is 6.61 Å². The molecule has 0 saturated heterocycles. The van der Waals surface area contributed by atoms with Gasteiger partial charge in [0, 0.05) is 0 Å². The number of rotatable bonds is 3. The predicted octanol–water partition coefficient (Wildman–Crippen LogP) is 0.212. The Morgan fingerprint density at radius 2 is 2.09 bits per heavy atom. The van der Waals surface area contributed by atoms with Gasteiger partial charge in [0.25, 0.3) is 0 Å². The normalized spacial score (nSPS) is 11.1. The number of unbranched alkanes of at least 4 members (excludes halogenated alkanes) is 1. The molecule has 0 spiro atoms. The van der Waals surface area contributed by atoms with E-state index < -0.39 is 15.3 Å². The second-order valence-corrected chi connectivity index (χ2v) is 3.42. The molecule has 0 aromatic carbocycles. The summed E-state index contributed by atoms with van der Waals surface area (Å²) in [6.45, 7) is 2.00. The van der Waals surface area contributed by atoms with E-state index in [4.69, 9.17) is 0 Å². The van der Waals surface area contributed by atoms with Crippen LogP contribution in [0.15, 0.2) is 0 Å². The Hall–Kier alpha value is -0.620. The molecule has 0 amide bonds. The molecule has 0 aliphatic carbocycles. The molecule has 6 heteroatoms. The molecule has 0 bridgehead atoms. The van der Waals surface area contributed by atoms with Crippen LogP contribution < -0.4 is 5.14 Å². The van der Waals surface area contributed by atoms with Crippen molar-refractivity contribution >= 4 is 15.3 Å². The van der Waals surface area contributed by atoms with E-state index in [1.807, 2.05) is 6.92 Å². The monoisotopic (exact) mass is 181 g/mol. The van der Waals surface area contributed by atoms with Crippen molar-refractivity contribution in [3.05, 3.63) is 0 Å². The number of hydrogen-bond acceptors (Lipinski definition) is 4. The average Bonchev–Trinajstić information content (AvgIpc) is 1.86. The van der Waals surface area contributed by atoms with Gasteiger partial charge in [-0.15, -0.1) is 0 Å². The largest absolute Gasteiger partial charge is 0.453 e. The van der Waals surface area contributed by atoms with Crippen LogP contribution >= 0.6 is 0 Å². The second-order valence-electron chi connectivity index (χ2n) is 2.00. The molecule has 0 aromatic heterocycles. The molecule has 11 heavy (non-hydrogen) atoms. The van der Waals surface area contributed by atoms with E-state index in [9.17, 15) is 13.2 Å². The molecule has 0 radical (unpaired) electrons. The highest BCUT2D eigenvalue weighted by molar-refractivity contribution is 8.03. The van der Waals surface area contributed by atoms with Crippen molar-refractivity contribution in [1.82, 2.24) is 0 Å². The Balaban J connectivity index is 3.72. The zero-order valence-electron chi connectivity index (χ0n) is 6.24. The minimum atomic E-state index is -4.14. The van der Waals surface area contributed by atoms with Crippen LogP contribution in [-0.2, 0) is 14.8 Å². The highest BCUT2D eigenvalue weighted by atomic mass is 32.2. The molecule has 0 aliphatic heterocycles. The van der Waals surface area contributed by atoms with Gasteiger partial charge in [-0.05, 0) is 6.42 Å². The van der Waals surface area contributed by atoms with Crippen molar-refractivity contribution in [2.24, 2.45) is 5.14 Å². The summed E-state index contributed by atoms with van der Waals surface area (Å²) in [5.74, 6) is 0. The second kappa shape index (κ2) is 4.30. The van der Waals surface area contributed by atoms with Crippen LogP contribution in [-0.4, -0.2) is 20.3 Å². The summed E-state index contributed by atoms with van der Waals surface area (Å²) in [6.07, 6.45) is 1.47. The van der Waals surface area contributed by atoms with Crippen molar-refractivity contribution in [1.29, 1.82) is 0 Å². The van der Waals surface area contributed by atoms with Crippen LogP contribution in [0.5, 0.6) is 0 Å². The Morgan fingerprint density at radius 3 is 2.45 bits per heavy atom. The molecule has 0 atom stereocenters. The number of primary sulfonamides is 1. The minimum Gasteiger partial charge on any atom is -0.453 e. The summed E-state index contributed by atoms with van der Waals surface area (Å²) in [4.78, 5) is 10.4. The number of sulfonamides is 1. The molecule has 66 valence electrons. The number of carbonyl (C=O) groups excluding carboxylic acids is 1. The lowest BCUT2D eigenvalue weighted by Crippen LogP contribution is -2.24. The van der Waals surface area contributed by atoms with Gasteiger partial charge in [0.2, 0.25) is 0 Å². The number of nitrogens with two attached hydrogens (primary N) is 1. The van der Waals surface area contributed by atoms with Gasteiger partial charge >= 0.3 is 15.3 Å². The van der Waals surface area contributed by atoms with Gasteiger partial charge < -0.3 is 4.74 Å². The van der Waals surface area contributed by atoms with Crippen molar-refractivity contribution in [3.63, 3.8) is 0 Å². The van der Waals surface area contributed by atoms with Crippen molar-refractivity contribution in [2.45, 2.75) is 19.8 Å². The molecule has 0 saturated carbocycles. The maximum atomic E-state index is 10.4. The van der Waals surface area contributed by atoms with E-state index in [0.29, 0.717) is 6.42 Å². The van der Waals surface area contributed by atoms with Crippen molar-refractivity contribution < 1.29 is 17.9 Å². The standard InChI is InChI=1S/C5H11NO4S/c1-2-3-4-10-5(7)11(6,8)9/h2-4H2,1H3,(H2,6,8,9). The fourth-order valence-electron chi connectivity index (χ4n) is 0.382. The lowest BCUT2D eigenvalue weighted by molar-refractivity contribution is 0.170. The van der Waals surface area contributed by atoms with Crippen LogP contribution in [0.2, 0.25) is 0 Å². The van der Waals surface area contributed by atoms with Gasteiger partial charge in [-0.1, -0.05) is 13.3 Å². The van der Waals surface area contributed by atoms with E-state index in [0.717, 1.165) is 6.42 Å². The molecule has 0 aromatic rings. The van der Waals surface area contributed by atoms with Gasteiger partial charge in [-0.25, -0.2) is 18.4 Å². The average molecular weight is 181 g/mol. The first kappa shape index (κ1) is 10.4. The molecule has 0 rings (SSSR count). The highest BCUT2D eigenvalue weighted by Crippen LogP contribution is 1.92. The number of carbonyl (C=O) groups is 1. The Bertz CT molecular complexity index is 221. The quantitative estimate of drug-likeness (QED) is 0.498. The maximum Gasteiger partial charge on any atom is 0.439 e. The minimum absolute atomic E-state index is 0.103. The fourth-order valence-corrected chi connectivity index (χ4v) is 0.630. The predicted molar refractivity (Wildman–Crippen MR) is 39.4 cm³/mol. The SMILES string of the molecule is CCCCOC(=O)S(N)(=O)=O. The number of hydrogen-bond donors (Lipinski definition) is 1. The molecule has 0 aliphatic rings. The summed E-state index contributed by atoms with van der Waals surface area (Å²) in [6, 6.07) is 0. The van der Waals surface area contributed by atoms with Crippen molar-refractivity contribution in [3.8, 4) is 0 Å². The van der Waals surface area contributed by atoms with Gasteiger partial charge in [0.05, 0.1) is 6.61 Å². The lowest BCUT2D eigenvalue weighted by atomic mass is 10.4. The van der Waals surface area contributed by atoms with Gasteiger partial charge in [-0.2, -0.15) is 0 Å². The molecule has 5 nitrogen and oxygen atoms in total. The fraction of sp³-hybridized carbons (Fsp3) is 0.800. The van der Waals surface area contributed by atoms with Gasteiger partial charge in [0.15, 0.2) is 0 Å². The topological polar surface area (TPSA) is 86.5 Å². The first-order valence-corrected chi connectivity index (χ1v) is 4.72. The smallest absolute Gasteiger partial charge is 0.439 e. The van der Waals surface area contributed by atoms with Crippen LogP contribution in [0.3, 0.4) is 0 Å². The van der Waals surface area contributed by atoms with Crippen LogP contribution in [0.25, 0.3) is 0 Å².